The minimum Gasteiger partial charge on any atom is -0.370 e. The first kappa shape index (κ1) is 14.9. The zero-order valence-corrected chi connectivity index (χ0v) is 13.8. The first-order chi connectivity index (χ1) is 11.7. The maximum absolute atomic E-state index is 12.6. The summed E-state index contributed by atoms with van der Waals surface area (Å²) < 4.78 is 1.39. The average molecular weight is 340 g/mol. The number of para-hydroxylation sites is 2. The van der Waals surface area contributed by atoms with E-state index in [1.807, 2.05) is 24.3 Å². The van der Waals surface area contributed by atoms with Gasteiger partial charge >= 0.3 is 0 Å². The summed E-state index contributed by atoms with van der Waals surface area (Å²) in [6.45, 7) is 1.97. The molecule has 0 spiro atoms. The molecule has 0 bridgehead atoms. The van der Waals surface area contributed by atoms with E-state index in [9.17, 15) is 9.59 Å². The summed E-state index contributed by atoms with van der Waals surface area (Å²) in [7, 11) is 0. The highest BCUT2D eigenvalue weighted by Crippen LogP contribution is 2.28. The molecule has 0 unspecified atom stereocenters. The van der Waals surface area contributed by atoms with Gasteiger partial charge in [-0.1, -0.05) is 12.1 Å². The van der Waals surface area contributed by atoms with Gasteiger partial charge in [-0.25, -0.2) is 4.98 Å². The molecular formula is C17H16N4O2S. The highest BCUT2D eigenvalue weighted by Gasteiger charge is 2.19. The minimum absolute atomic E-state index is 0.0436. The second-order valence-corrected chi connectivity index (χ2v) is 6.57. The van der Waals surface area contributed by atoms with Crippen LogP contribution < -0.4 is 15.8 Å². The summed E-state index contributed by atoms with van der Waals surface area (Å²) >= 11 is 1.36. The highest BCUT2D eigenvalue weighted by atomic mass is 32.1. The maximum atomic E-state index is 12.6. The van der Waals surface area contributed by atoms with Gasteiger partial charge in [-0.15, -0.1) is 11.3 Å². The lowest BCUT2D eigenvalue weighted by molar-refractivity contribution is 0.102. The van der Waals surface area contributed by atoms with Crippen LogP contribution >= 0.6 is 11.3 Å². The van der Waals surface area contributed by atoms with E-state index in [4.69, 9.17) is 0 Å². The molecule has 122 valence electrons. The molecule has 4 rings (SSSR count). The average Bonchev–Trinajstić information content (AvgIpc) is 3.27. The van der Waals surface area contributed by atoms with E-state index in [0.717, 1.165) is 37.3 Å². The quantitative estimate of drug-likeness (QED) is 0.796. The van der Waals surface area contributed by atoms with Crippen molar-refractivity contribution >= 4 is 33.6 Å². The Hall–Kier alpha value is -2.67. The molecule has 1 aliphatic rings. The number of aromatic nitrogens is 2. The maximum Gasteiger partial charge on any atom is 0.271 e. The van der Waals surface area contributed by atoms with Crippen LogP contribution in [-0.2, 0) is 0 Å². The van der Waals surface area contributed by atoms with Crippen LogP contribution in [0.3, 0.4) is 0 Å². The van der Waals surface area contributed by atoms with Gasteiger partial charge in [0.25, 0.3) is 11.5 Å². The number of nitrogens with one attached hydrogen (secondary N) is 1. The largest absolute Gasteiger partial charge is 0.370 e. The highest BCUT2D eigenvalue weighted by molar-refractivity contribution is 7.15. The Morgan fingerprint density at radius 3 is 2.83 bits per heavy atom. The second kappa shape index (κ2) is 6.09. The van der Waals surface area contributed by atoms with Crippen LogP contribution in [0.25, 0.3) is 4.96 Å². The fourth-order valence-corrected chi connectivity index (χ4v) is 3.66. The number of hydrogen-bond donors (Lipinski definition) is 1. The van der Waals surface area contributed by atoms with Crippen molar-refractivity contribution in [1.82, 2.24) is 9.38 Å². The lowest BCUT2D eigenvalue weighted by Gasteiger charge is -2.21. The van der Waals surface area contributed by atoms with Crippen LogP contribution in [-0.4, -0.2) is 28.4 Å². The van der Waals surface area contributed by atoms with Gasteiger partial charge in [-0.3, -0.25) is 14.0 Å². The molecular weight excluding hydrogens is 324 g/mol. The molecule has 7 heteroatoms. The molecule has 24 heavy (non-hydrogen) atoms. The van der Waals surface area contributed by atoms with Crippen molar-refractivity contribution in [2.75, 3.05) is 23.3 Å². The van der Waals surface area contributed by atoms with Crippen molar-refractivity contribution in [3.8, 4) is 0 Å². The molecule has 3 aromatic rings. The van der Waals surface area contributed by atoms with Crippen molar-refractivity contribution in [3.63, 3.8) is 0 Å². The Labute approximate surface area is 142 Å². The van der Waals surface area contributed by atoms with Crippen LogP contribution in [0, 0.1) is 0 Å². The molecule has 0 saturated carbocycles. The first-order valence-corrected chi connectivity index (χ1v) is 8.72. The summed E-state index contributed by atoms with van der Waals surface area (Å²) in [6.07, 6.45) is 5.29. The van der Waals surface area contributed by atoms with E-state index < -0.39 is 5.91 Å². The SMILES string of the molecule is O=C(Nc1ccccc1N1CCCC1)c1cnc2sccn2c1=O. The number of rotatable bonds is 3. The van der Waals surface area contributed by atoms with Crippen molar-refractivity contribution in [1.29, 1.82) is 0 Å². The third-order valence-electron chi connectivity index (χ3n) is 4.19. The number of benzene rings is 1. The Kier molecular flexibility index (Phi) is 3.78. The molecule has 2 aromatic heterocycles. The molecule has 1 aliphatic heterocycles. The fourth-order valence-electron chi connectivity index (χ4n) is 2.98. The predicted molar refractivity (Wildman–Crippen MR) is 95.2 cm³/mol. The van der Waals surface area contributed by atoms with E-state index in [0.29, 0.717) is 4.96 Å². The third kappa shape index (κ3) is 2.56. The predicted octanol–water partition coefficient (Wildman–Crippen LogP) is 2.61. The zero-order chi connectivity index (χ0) is 16.5. The number of carbonyl (C=O) groups excluding carboxylic acids is 1. The number of thiazole rings is 1. The fraction of sp³-hybridized carbons (Fsp3) is 0.235. The molecule has 1 N–H and O–H groups in total. The van der Waals surface area contributed by atoms with E-state index in [-0.39, 0.29) is 11.1 Å². The summed E-state index contributed by atoms with van der Waals surface area (Å²) in [4.78, 5) is 32.0. The summed E-state index contributed by atoms with van der Waals surface area (Å²) in [6, 6.07) is 7.69. The molecule has 1 amide bonds. The van der Waals surface area contributed by atoms with Crippen LogP contribution in [0.1, 0.15) is 23.2 Å². The van der Waals surface area contributed by atoms with Gasteiger partial charge in [0.2, 0.25) is 0 Å². The summed E-state index contributed by atoms with van der Waals surface area (Å²) in [5, 5.41) is 4.64. The van der Waals surface area contributed by atoms with Crippen molar-refractivity contribution in [2.24, 2.45) is 0 Å². The normalized spacial score (nSPS) is 14.2. The molecule has 1 saturated heterocycles. The van der Waals surface area contributed by atoms with Gasteiger partial charge in [-0.05, 0) is 25.0 Å². The van der Waals surface area contributed by atoms with Crippen molar-refractivity contribution < 1.29 is 4.79 Å². The number of hydrogen-bond acceptors (Lipinski definition) is 5. The number of carbonyl (C=O) groups is 1. The smallest absolute Gasteiger partial charge is 0.271 e. The minimum atomic E-state index is -0.431. The Morgan fingerprint density at radius 1 is 1.21 bits per heavy atom. The molecule has 0 aliphatic carbocycles. The van der Waals surface area contributed by atoms with Crippen molar-refractivity contribution in [3.05, 3.63) is 58.0 Å². The Morgan fingerprint density at radius 2 is 2.00 bits per heavy atom. The summed E-state index contributed by atoms with van der Waals surface area (Å²) in [5.74, 6) is -0.431. The first-order valence-electron chi connectivity index (χ1n) is 7.84. The number of fused-ring (bicyclic) bond motifs is 1. The van der Waals surface area contributed by atoms with Crippen LogP contribution in [0.4, 0.5) is 11.4 Å². The second-order valence-electron chi connectivity index (χ2n) is 5.70. The van der Waals surface area contributed by atoms with E-state index in [1.165, 1.54) is 21.9 Å². The van der Waals surface area contributed by atoms with Gasteiger partial charge in [0.05, 0.1) is 11.4 Å². The van der Waals surface area contributed by atoms with Gasteiger partial charge in [-0.2, -0.15) is 0 Å². The molecule has 3 heterocycles. The Balaban J connectivity index is 1.66. The van der Waals surface area contributed by atoms with Gasteiger partial charge in [0.15, 0.2) is 4.96 Å². The van der Waals surface area contributed by atoms with Gasteiger partial charge in [0, 0.05) is 30.9 Å². The zero-order valence-electron chi connectivity index (χ0n) is 12.9. The van der Waals surface area contributed by atoms with Gasteiger partial charge in [0.1, 0.15) is 5.56 Å². The van der Waals surface area contributed by atoms with E-state index in [2.05, 4.69) is 15.2 Å². The lowest BCUT2D eigenvalue weighted by atomic mass is 10.2. The van der Waals surface area contributed by atoms with E-state index >= 15 is 0 Å². The van der Waals surface area contributed by atoms with Crippen LogP contribution in [0.5, 0.6) is 0 Å². The van der Waals surface area contributed by atoms with Crippen LogP contribution in [0.15, 0.2) is 46.8 Å². The van der Waals surface area contributed by atoms with Crippen LogP contribution in [0.2, 0.25) is 0 Å². The molecule has 6 nitrogen and oxygen atoms in total. The van der Waals surface area contributed by atoms with E-state index in [1.54, 1.807) is 11.6 Å². The summed E-state index contributed by atoms with van der Waals surface area (Å²) in [5.41, 5.74) is 1.41. The number of nitrogens with zero attached hydrogens (tertiary/aromatic N) is 3. The third-order valence-corrected chi connectivity index (χ3v) is 4.96. The monoisotopic (exact) mass is 340 g/mol. The van der Waals surface area contributed by atoms with Crippen molar-refractivity contribution in [2.45, 2.75) is 12.8 Å². The Bertz CT molecular complexity index is 956. The molecule has 0 radical (unpaired) electrons. The molecule has 1 aromatic carbocycles. The number of anilines is 2. The molecule has 0 atom stereocenters. The van der Waals surface area contributed by atoms with Gasteiger partial charge < -0.3 is 10.2 Å². The topological polar surface area (TPSA) is 66.7 Å². The standard InChI is InChI=1S/C17H16N4O2S/c22-15(12-11-18-17-21(16(12)23)9-10-24-17)19-13-5-1-2-6-14(13)20-7-3-4-8-20/h1-2,5-6,9-11H,3-4,7-8H2,(H,19,22). The lowest BCUT2D eigenvalue weighted by Crippen LogP contribution is -2.27. The molecule has 1 fully saturated rings. The number of amides is 1.